The van der Waals surface area contributed by atoms with Gasteiger partial charge in [0, 0.05) is 5.56 Å². The molecule has 0 aliphatic carbocycles. The molecule has 2 aromatic rings. The lowest BCUT2D eigenvalue weighted by Crippen LogP contribution is -1.97. The highest BCUT2D eigenvalue weighted by Crippen LogP contribution is 2.37. The minimum Gasteiger partial charge on any atom is -0.496 e. The predicted octanol–water partition coefficient (Wildman–Crippen LogP) is 2.58. The van der Waals surface area contributed by atoms with E-state index < -0.39 is 0 Å². The minimum atomic E-state index is 0.239. The SMILES string of the molecule is COc1cc(C)c(-c2noc(CN)n2)c(C)c1Br. The van der Waals surface area contributed by atoms with Gasteiger partial charge in [0.25, 0.3) is 0 Å². The van der Waals surface area contributed by atoms with E-state index in [1.807, 2.05) is 19.9 Å². The van der Waals surface area contributed by atoms with Gasteiger partial charge in [-0.25, -0.2) is 0 Å². The third-order valence-electron chi connectivity index (χ3n) is 2.75. The summed E-state index contributed by atoms with van der Waals surface area (Å²) in [5.41, 5.74) is 8.44. The molecule has 5 nitrogen and oxygen atoms in total. The molecule has 1 aromatic carbocycles. The maximum Gasteiger partial charge on any atom is 0.240 e. The van der Waals surface area contributed by atoms with Crippen molar-refractivity contribution < 1.29 is 9.26 Å². The van der Waals surface area contributed by atoms with E-state index in [0.717, 1.165) is 26.9 Å². The second-order valence-corrected chi connectivity index (χ2v) is 4.72. The van der Waals surface area contributed by atoms with Crippen LogP contribution in [0.4, 0.5) is 0 Å². The van der Waals surface area contributed by atoms with Crippen LogP contribution in [0.1, 0.15) is 17.0 Å². The Labute approximate surface area is 113 Å². The second-order valence-electron chi connectivity index (χ2n) is 3.93. The fourth-order valence-electron chi connectivity index (χ4n) is 1.85. The van der Waals surface area contributed by atoms with Crippen molar-refractivity contribution >= 4 is 15.9 Å². The van der Waals surface area contributed by atoms with Crippen LogP contribution in [0.15, 0.2) is 15.1 Å². The van der Waals surface area contributed by atoms with Crippen molar-refractivity contribution in [2.24, 2.45) is 5.73 Å². The number of hydrogen-bond donors (Lipinski definition) is 1. The van der Waals surface area contributed by atoms with E-state index >= 15 is 0 Å². The van der Waals surface area contributed by atoms with Gasteiger partial charge in [-0.2, -0.15) is 4.98 Å². The van der Waals surface area contributed by atoms with E-state index in [1.165, 1.54) is 0 Å². The van der Waals surface area contributed by atoms with Crippen LogP contribution in [0.25, 0.3) is 11.4 Å². The maximum absolute atomic E-state index is 5.47. The second kappa shape index (κ2) is 5.07. The lowest BCUT2D eigenvalue weighted by Gasteiger charge is -2.12. The van der Waals surface area contributed by atoms with Crippen LogP contribution in [0, 0.1) is 13.8 Å². The molecular formula is C12H14BrN3O2. The van der Waals surface area contributed by atoms with Gasteiger partial charge in [0.2, 0.25) is 11.7 Å². The number of nitrogens with two attached hydrogens (primary N) is 1. The number of benzene rings is 1. The lowest BCUT2D eigenvalue weighted by atomic mass is 10.0. The van der Waals surface area contributed by atoms with Gasteiger partial charge in [-0.3, -0.25) is 0 Å². The van der Waals surface area contributed by atoms with Gasteiger partial charge >= 0.3 is 0 Å². The zero-order valence-electron chi connectivity index (χ0n) is 10.5. The van der Waals surface area contributed by atoms with E-state index in [1.54, 1.807) is 7.11 Å². The fraction of sp³-hybridized carbons (Fsp3) is 0.333. The van der Waals surface area contributed by atoms with Crippen LogP contribution in [0.2, 0.25) is 0 Å². The van der Waals surface area contributed by atoms with Gasteiger partial charge in [-0.15, -0.1) is 0 Å². The Morgan fingerprint density at radius 1 is 1.44 bits per heavy atom. The monoisotopic (exact) mass is 311 g/mol. The molecule has 1 heterocycles. The summed E-state index contributed by atoms with van der Waals surface area (Å²) in [6.45, 7) is 4.20. The van der Waals surface area contributed by atoms with E-state index in [2.05, 4.69) is 26.1 Å². The van der Waals surface area contributed by atoms with E-state index in [4.69, 9.17) is 15.0 Å². The topological polar surface area (TPSA) is 74.2 Å². The average molecular weight is 312 g/mol. The Hall–Kier alpha value is -1.40. The number of halogens is 1. The summed E-state index contributed by atoms with van der Waals surface area (Å²) < 4.78 is 11.2. The Morgan fingerprint density at radius 2 is 2.17 bits per heavy atom. The van der Waals surface area contributed by atoms with Crippen LogP contribution in [-0.2, 0) is 6.54 Å². The highest BCUT2D eigenvalue weighted by atomic mass is 79.9. The molecule has 0 saturated heterocycles. The molecule has 1 aromatic heterocycles. The number of hydrogen-bond acceptors (Lipinski definition) is 5. The van der Waals surface area contributed by atoms with E-state index in [0.29, 0.717) is 11.7 Å². The molecule has 0 spiro atoms. The van der Waals surface area contributed by atoms with Gasteiger partial charge in [-0.05, 0) is 47.0 Å². The fourth-order valence-corrected chi connectivity index (χ4v) is 2.33. The van der Waals surface area contributed by atoms with Crippen molar-refractivity contribution in [3.8, 4) is 17.1 Å². The van der Waals surface area contributed by atoms with Crippen molar-refractivity contribution in [1.29, 1.82) is 0 Å². The Bertz CT molecular complexity index is 581. The summed E-state index contributed by atoms with van der Waals surface area (Å²) in [5, 5.41) is 3.95. The molecule has 0 radical (unpaired) electrons. The summed E-state index contributed by atoms with van der Waals surface area (Å²) in [6, 6.07) is 1.94. The molecule has 0 aliphatic rings. The number of rotatable bonds is 3. The first kappa shape index (κ1) is 13.0. The molecule has 6 heteroatoms. The average Bonchev–Trinajstić information content (AvgIpc) is 2.82. The molecule has 0 atom stereocenters. The van der Waals surface area contributed by atoms with Crippen molar-refractivity contribution in [3.63, 3.8) is 0 Å². The predicted molar refractivity (Wildman–Crippen MR) is 71.4 cm³/mol. The highest BCUT2D eigenvalue weighted by Gasteiger charge is 2.17. The van der Waals surface area contributed by atoms with Crippen molar-refractivity contribution in [2.75, 3.05) is 7.11 Å². The standard InChI is InChI=1S/C12H14BrN3O2/c1-6-4-8(17-3)11(13)7(2)10(6)12-15-9(5-14)18-16-12/h4H,5,14H2,1-3H3. The number of aryl methyl sites for hydroxylation is 1. The normalized spacial score (nSPS) is 10.7. The van der Waals surface area contributed by atoms with Gasteiger partial charge in [0.05, 0.1) is 18.1 Å². The van der Waals surface area contributed by atoms with Gasteiger partial charge < -0.3 is 15.0 Å². The van der Waals surface area contributed by atoms with Crippen molar-refractivity contribution in [1.82, 2.24) is 10.1 Å². The van der Waals surface area contributed by atoms with Gasteiger partial charge in [-0.1, -0.05) is 5.16 Å². The smallest absolute Gasteiger partial charge is 0.240 e. The first-order chi connectivity index (χ1) is 8.58. The summed E-state index contributed by atoms with van der Waals surface area (Å²) >= 11 is 3.51. The molecule has 0 fully saturated rings. The molecule has 0 bridgehead atoms. The summed E-state index contributed by atoms with van der Waals surface area (Å²) in [5.74, 6) is 1.76. The Balaban J connectivity index is 2.60. The molecule has 2 rings (SSSR count). The Kier molecular flexibility index (Phi) is 3.68. The largest absolute Gasteiger partial charge is 0.496 e. The van der Waals surface area contributed by atoms with E-state index in [9.17, 15) is 0 Å². The molecule has 96 valence electrons. The molecule has 0 saturated carbocycles. The van der Waals surface area contributed by atoms with Crippen LogP contribution < -0.4 is 10.5 Å². The van der Waals surface area contributed by atoms with E-state index in [-0.39, 0.29) is 6.54 Å². The van der Waals surface area contributed by atoms with Gasteiger partial charge in [0.15, 0.2) is 0 Å². The maximum atomic E-state index is 5.47. The summed E-state index contributed by atoms with van der Waals surface area (Å²) in [7, 11) is 1.64. The van der Waals surface area contributed by atoms with Crippen molar-refractivity contribution in [3.05, 3.63) is 27.6 Å². The molecular weight excluding hydrogens is 298 g/mol. The third kappa shape index (κ3) is 2.13. The number of ether oxygens (including phenoxy) is 1. The number of methoxy groups -OCH3 is 1. The van der Waals surface area contributed by atoms with Gasteiger partial charge in [0.1, 0.15) is 5.75 Å². The van der Waals surface area contributed by atoms with Crippen LogP contribution in [-0.4, -0.2) is 17.3 Å². The molecule has 0 amide bonds. The zero-order chi connectivity index (χ0) is 13.3. The molecule has 0 aliphatic heterocycles. The van der Waals surface area contributed by atoms with Crippen LogP contribution in [0.3, 0.4) is 0 Å². The molecule has 2 N–H and O–H groups in total. The van der Waals surface area contributed by atoms with Crippen LogP contribution >= 0.6 is 15.9 Å². The lowest BCUT2D eigenvalue weighted by molar-refractivity contribution is 0.380. The summed E-state index contributed by atoms with van der Waals surface area (Å²) in [4.78, 5) is 4.25. The van der Waals surface area contributed by atoms with Crippen molar-refractivity contribution in [2.45, 2.75) is 20.4 Å². The number of aromatic nitrogens is 2. The Morgan fingerprint density at radius 3 is 2.72 bits per heavy atom. The van der Waals surface area contributed by atoms with Crippen LogP contribution in [0.5, 0.6) is 5.75 Å². The first-order valence-corrected chi connectivity index (χ1v) is 6.24. The summed E-state index contributed by atoms with van der Waals surface area (Å²) in [6.07, 6.45) is 0. The molecule has 18 heavy (non-hydrogen) atoms. The quantitative estimate of drug-likeness (QED) is 0.943. The first-order valence-electron chi connectivity index (χ1n) is 5.45. The zero-order valence-corrected chi connectivity index (χ0v) is 12.0. The third-order valence-corrected chi connectivity index (χ3v) is 3.73. The minimum absolute atomic E-state index is 0.239. The molecule has 0 unspecified atom stereocenters. The number of nitrogens with zero attached hydrogens (tertiary/aromatic N) is 2. The highest BCUT2D eigenvalue weighted by molar-refractivity contribution is 9.10.